The molecule has 2 aliphatic carbocycles. The summed E-state index contributed by atoms with van der Waals surface area (Å²) in [6.07, 6.45) is 7.60. The third-order valence-electron chi connectivity index (χ3n) is 8.55. The molecule has 0 fully saturated rings. The maximum atomic E-state index is 13.7. The van der Waals surface area contributed by atoms with Crippen LogP contribution in [0.3, 0.4) is 0 Å². The van der Waals surface area contributed by atoms with Crippen LogP contribution in [-0.4, -0.2) is 140 Å². The van der Waals surface area contributed by atoms with Gasteiger partial charge in [-0.05, 0) is 48.3 Å². The van der Waals surface area contributed by atoms with Crippen LogP contribution in [-0.2, 0) is 63.1 Å². The fraction of sp³-hybridized carbons (Fsp3) is 0.324. The molecule has 314 valence electrons. The molecule has 0 saturated heterocycles. The Morgan fingerprint density at radius 3 is 1.64 bits per heavy atom. The molecule has 0 atom stereocenters. The number of aliphatic carboxylic acids is 2. The lowest BCUT2D eigenvalue weighted by Gasteiger charge is -2.25. The Labute approximate surface area is 338 Å². The highest BCUT2D eigenvalue weighted by Gasteiger charge is 2.40. The number of ether oxygens (including phenoxy) is 1. The van der Waals surface area contributed by atoms with E-state index in [0.29, 0.717) is 5.69 Å². The Balaban J connectivity index is 1.72. The first-order chi connectivity index (χ1) is 27.7. The van der Waals surface area contributed by atoms with Gasteiger partial charge in [-0.25, -0.2) is 31.0 Å². The molecule has 59 heavy (non-hydrogen) atoms. The van der Waals surface area contributed by atoms with Crippen LogP contribution in [0.5, 0.6) is 0 Å². The molecule has 4 N–H and O–H groups in total. The zero-order chi connectivity index (χ0) is 43.7. The number of rotatable bonds is 20. The summed E-state index contributed by atoms with van der Waals surface area (Å²) in [5.41, 5.74) is 0.548. The molecule has 0 saturated carbocycles. The van der Waals surface area contributed by atoms with Crippen LogP contribution in [0.2, 0.25) is 0 Å². The van der Waals surface area contributed by atoms with Crippen LogP contribution >= 0.6 is 0 Å². The van der Waals surface area contributed by atoms with Crippen molar-refractivity contribution in [1.82, 2.24) is 14.3 Å². The number of ketones is 2. The number of imide groups is 1. The van der Waals surface area contributed by atoms with Crippen molar-refractivity contribution in [3.05, 3.63) is 83.2 Å². The second-order valence-electron chi connectivity index (χ2n) is 13.1. The molecular weight excluding hydrogens is 819 g/mol. The van der Waals surface area contributed by atoms with E-state index >= 15 is 0 Å². The Morgan fingerprint density at radius 1 is 0.712 bits per heavy atom. The maximum absolute atomic E-state index is 13.7. The average molecular weight is 859 g/mol. The number of allylic oxidation sites excluding steroid dienone is 7. The third-order valence-corrected chi connectivity index (χ3v) is 11.4. The Hall–Kier alpha value is -6.55. The number of carboxylic acid groups (broad SMARTS) is 2. The standard InChI is InChI=1S/C37H39N5O15S2/c1-23(43)38-58(53,54)19-3-15-40(16-4-20-59(55,56)39-24(2)44)27-9-5-25(6-10-27)33-35(51)36(52)34(37(33)57-18-17-42-29(45)13-14-30(42)46)26-7-11-28(12-8-26)41(21-31(47)48)22-32(49)50/h5-14H,3-4,15-22H2,1-2H3,(H3-,38,39,43,44,47,48,49,50)/p+1. The number of sulfonamides is 2. The number of anilines is 1. The molecule has 0 unspecified atom stereocenters. The van der Waals surface area contributed by atoms with Gasteiger partial charge in [-0.2, -0.15) is 0 Å². The molecule has 0 radical (unpaired) electrons. The van der Waals surface area contributed by atoms with E-state index < -0.39 is 91.8 Å². The molecule has 1 aromatic rings. The highest BCUT2D eigenvalue weighted by molar-refractivity contribution is 7.90. The number of amides is 4. The van der Waals surface area contributed by atoms with Crippen LogP contribution < -0.4 is 14.3 Å². The molecule has 4 amide bonds. The van der Waals surface area contributed by atoms with Gasteiger partial charge in [0.2, 0.25) is 62.2 Å². The second kappa shape index (κ2) is 19.3. The summed E-state index contributed by atoms with van der Waals surface area (Å²) in [5, 5.41) is 18.6. The molecule has 1 aromatic carbocycles. The van der Waals surface area contributed by atoms with Crippen LogP contribution in [0.25, 0.3) is 5.57 Å². The first-order valence-electron chi connectivity index (χ1n) is 17.7. The lowest BCUT2D eigenvalue weighted by Crippen LogP contribution is -2.34. The van der Waals surface area contributed by atoms with Crippen molar-refractivity contribution < 1.29 is 74.7 Å². The monoisotopic (exact) mass is 858 g/mol. The van der Waals surface area contributed by atoms with Gasteiger partial charge in [-0.1, -0.05) is 12.1 Å². The topological polar surface area (TPSA) is 288 Å². The van der Waals surface area contributed by atoms with Gasteiger partial charge in [-0.3, -0.25) is 43.1 Å². The number of carbonyl (C=O) groups excluding carboxylic acids is 6. The molecule has 22 heteroatoms. The lowest BCUT2D eigenvalue weighted by molar-refractivity contribution is -0.507. The van der Waals surface area contributed by atoms with Crippen LogP contribution in [0.15, 0.2) is 77.6 Å². The molecule has 4 rings (SSSR count). The van der Waals surface area contributed by atoms with Gasteiger partial charge in [0.25, 0.3) is 11.8 Å². The molecule has 0 bridgehead atoms. The van der Waals surface area contributed by atoms with E-state index in [4.69, 9.17) is 4.74 Å². The highest BCUT2D eigenvalue weighted by atomic mass is 32.2. The highest BCUT2D eigenvalue weighted by Crippen LogP contribution is 2.37. The summed E-state index contributed by atoms with van der Waals surface area (Å²) >= 11 is 0. The van der Waals surface area contributed by atoms with Crippen molar-refractivity contribution in [2.24, 2.45) is 0 Å². The zero-order valence-electron chi connectivity index (χ0n) is 31.7. The zero-order valence-corrected chi connectivity index (χ0v) is 33.3. The van der Waals surface area contributed by atoms with E-state index in [0.717, 1.165) is 35.5 Å². The van der Waals surface area contributed by atoms with Crippen molar-refractivity contribution in [1.29, 1.82) is 0 Å². The number of carbonyl (C=O) groups is 8. The van der Waals surface area contributed by atoms with Gasteiger partial charge in [-0.15, -0.1) is 0 Å². The molecule has 1 aliphatic heterocycles. The summed E-state index contributed by atoms with van der Waals surface area (Å²) in [7, 11) is -7.94. The number of carboxylic acids is 2. The second-order valence-corrected chi connectivity index (χ2v) is 16.8. The normalized spacial score (nSPS) is 15.4. The van der Waals surface area contributed by atoms with Gasteiger partial charge < -0.3 is 19.8 Å². The number of hydrogen-bond donors (Lipinski definition) is 4. The SMILES string of the molecule is CC(=O)NS(=O)(=O)CCCN(CCCS(=O)(=O)NC(C)=O)c1ccc(C2=C(OCCN3C(=O)C=CC3=O)C(=C3C=CC(=[N+](CC(=O)O)CC(=O)O)C=C3)C(=O)C2=O)cc1. The first kappa shape index (κ1) is 45.2. The van der Waals surface area contributed by atoms with Crippen molar-refractivity contribution in [2.75, 3.05) is 55.7 Å². The van der Waals surface area contributed by atoms with Crippen LogP contribution in [0.4, 0.5) is 5.69 Å². The summed E-state index contributed by atoms with van der Waals surface area (Å²) in [6, 6.07) is 5.99. The lowest BCUT2D eigenvalue weighted by atomic mass is 10.00. The third kappa shape index (κ3) is 12.5. The summed E-state index contributed by atoms with van der Waals surface area (Å²) in [5.74, 6) is -8.41. The molecule has 20 nitrogen and oxygen atoms in total. The average Bonchev–Trinajstić information content (AvgIpc) is 3.58. The minimum absolute atomic E-state index is 0.00202. The number of nitrogens with one attached hydrogen (secondary N) is 2. The van der Waals surface area contributed by atoms with Gasteiger partial charge in [0.05, 0.1) is 29.2 Å². The minimum atomic E-state index is -3.97. The number of benzene rings is 1. The predicted molar refractivity (Wildman–Crippen MR) is 207 cm³/mol. The summed E-state index contributed by atoms with van der Waals surface area (Å²) < 4.78 is 60.0. The van der Waals surface area contributed by atoms with E-state index in [1.165, 1.54) is 48.6 Å². The first-order valence-corrected chi connectivity index (χ1v) is 21.0. The van der Waals surface area contributed by atoms with Gasteiger partial charge in [0.15, 0.2) is 0 Å². The Bertz CT molecular complexity index is 2280. The molecule has 0 spiro atoms. The Kier molecular flexibility index (Phi) is 14.7. The van der Waals surface area contributed by atoms with Gasteiger partial charge in [0, 0.05) is 56.9 Å². The van der Waals surface area contributed by atoms with Crippen molar-refractivity contribution in [3.63, 3.8) is 0 Å². The fourth-order valence-corrected chi connectivity index (χ4v) is 8.26. The largest absolute Gasteiger partial charge is 0.490 e. The quantitative estimate of drug-likeness (QED) is 0.0532. The van der Waals surface area contributed by atoms with Crippen LogP contribution in [0, 0.1) is 0 Å². The van der Waals surface area contributed by atoms with E-state index in [1.807, 2.05) is 9.44 Å². The summed E-state index contributed by atoms with van der Waals surface area (Å²) in [4.78, 5) is 99.7. The number of hydrogen-bond acceptors (Lipinski definition) is 14. The van der Waals surface area contributed by atoms with E-state index in [1.54, 1.807) is 4.90 Å². The number of Topliss-reactive ketones (excluding diaryl/α,β-unsaturated/α-hetero) is 2. The van der Waals surface area contributed by atoms with Crippen molar-refractivity contribution >= 4 is 84.2 Å². The van der Waals surface area contributed by atoms with E-state index in [2.05, 4.69) is 0 Å². The molecule has 0 aromatic heterocycles. The maximum Gasteiger partial charge on any atom is 0.369 e. The van der Waals surface area contributed by atoms with Gasteiger partial charge in [0.1, 0.15) is 12.4 Å². The minimum Gasteiger partial charge on any atom is -0.490 e. The smallest absolute Gasteiger partial charge is 0.369 e. The molecule has 1 heterocycles. The summed E-state index contributed by atoms with van der Waals surface area (Å²) in [6.45, 7) is 0.294. The van der Waals surface area contributed by atoms with Crippen molar-refractivity contribution in [2.45, 2.75) is 26.7 Å². The molecular formula is C37H40N5O15S2+. The number of nitrogens with zero attached hydrogens (tertiary/aromatic N) is 3. The predicted octanol–water partition coefficient (Wildman–Crippen LogP) is -0.945. The molecule has 3 aliphatic rings. The van der Waals surface area contributed by atoms with E-state index in [9.17, 15) is 65.4 Å². The Morgan fingerprint density at radius 2 is 1.19 bits per heavy atom. The van der Waals surface area contributed by atoms with Crippen LogP contribution in [0.1, 0.15) is 32.3 Å². The van der Waals surface area contributed by atoms with Gasteiger partial charge >= 0.3 is 11.9 Å². The van der Waals surface area contributed by atoms with E-state index in [-0.39, 0.29) is 72.8 Å². The fourth-order valence-electron chi connectivity index (χ4n) is 6.16. The van der Waals surface area contributed by atoms with Crippen molar-refractivity contribution in [3.8, 4) is 0 Å².